The van der Waals surface area contributed by atoms with Crippen molar-refractivity contribution in [1.29, 1.82) is 0 Å². The number of anilines is 2. The second-order valence-corrected chi connectivity index (χ2v) is 6.01. The molecule has 0 aliphatic carbocycles. The molecule has 2 aromatic carbocycles. The van der Waals surface area contributed by atoms with E-state index in [2.05, 4.69) is 20.6 Å². The fourth-order valence-electron chi connectivity index (χ4n) is 2.47. The molecule has 3 aromatic rings. The third-order valence-corrected chi connectivity index (χ3v) is 3.95. The second-order valence-electron chi connectivity index (χ2n) is 6.01. The minimum absolute atomic E-state index is 0.0925. The van der Waals surface area contributed by atoms with Crippen molar-refractivity contribution < 1.29 is 9.18 Å². The van der Waals surface area contributed by atoms with Crippen molar-refractivity contribution in [2.75, 3.05) is 5.32 Å². The van der Waals surface area contributed by atoms with E-state index in [1.807, 2.05) is 32.0 Å². The van der Waals surface area contributed by atoms with Crippen molar-refractivity contribution >= 4 is 17.4 Å². The van der Waals surface area contributed by atoms with Crippen LogP contribution in [0.1, 0.15) is 27.2 Å². The van der Waals surface area contributed by atoms with E-state index in [9.17, 15) is 9.18 Å². The smallest absolute Gasteiger partial charge is 0.270 e. The molecule has 1 aromatic heterocycles. The Kier molecular flexibility index (Phi) is 5.22. The van der Waals surface area contributed by atoms with E-state index in [4.69, 9.17) is 0 Å². The lowest BCUT2D eigenvalue weighted by atomic mass is 10.1. The van der Waals surface area contributed by atoms with E-state index < -0.39 is 0 Å². The maximum absolute atomic E-state index is 13.6. The van der Waals surface area contributed by atoms with Crippen LogP contribution in [-0.4, -0.2) is 15.9 Å². The number of hydrogen-bond acceptors (Lipinski definition) is 4. The predicted octanol–water partition coefficient (Wildman–Crippen LogP) is 3.91. The summed E-state index contributed by atoms with van der Waals surface area (Å²) >= 11 is 0. The normalized spacial score (nSPS) is 10.4. The van der Waals surface area contributed by atoms with Gasteiger partial charge in [-0.25, -0.2) is 14.4 Å². The van der Waals surface area contributed by atoms with E-state index >= 15 is 0 Å². The maximum atomic E-state index is 13.6. The van der Waals surface area contributed by atoms with Gasteiger partial charge in [0, 0.05) is 23.9 Å². The predicted molar refractivity (Wildman–Crippen MR) is 98.8 cm³/mol. The molecule has 0 atom stereocenters. The first-order valence-electron chi connectivity index (χ1n) is 8.21. The summed E-state index contributed by atoms with van der Waals surface area (Å²) in [6.45, 7) is 4.09. The van der Waals surface area contributed by atoms with Crippen LogP contribution in [0, 0.1) is 19.7 Å². The molecule has 5 nitrogen and oxygen atoms in total. The number of carbonyl (C=O) groups excluding carboxylic acids is 1. The first-order chi connectivity index (χ1) is 12.5. The highest BCUT2D eigenvalue weighted by Crippen LogP contribution is 2.20. The topological polar surface area (TPSA) is 66.9 Å². The van der Waals surface area contributed by atoms with Crippen molar-refractivity contribution in [2.24, 2.45) is 0 Å². The Labute approximate surface area is 151 Å². The summed E-state index contributed by atoms with van der Waals surface area (Å²) < 4.78 is 13.6. The molecular weight excluding hydrogens is 331 g/mol. The number of aromatic nitrogens is 2. The molecule has 0 saturated carbocycles. The summed E-state index contributed by atoms with van der Waals surface area (Å²) in [6, 6.07) is 13.9. The molecule has 3 rings (SSSR count). The summed E-state index contributed by atoms with van der Waals surface area (Å²) in [6.07, 6.45) is 1.32. The molecule has 0 spiro atoms. The fraction of sp³-hybridized carbons (Fsp3) is 0.150. The summed E-state index contributed by atoms with van der Waals surface area (Å²) in [5.41, 5.74) is 3.74. The molecule has 1 heterocycles. The van der Waals surface area contributed by atoms with Crippen LogP contribution in [0.2, 0.25) is 0 Å². The molecule has 26 heavy (non-hydrogen) atoms. The number of amides is 1. The Balaban J connectivity index is 1.71. The van der Waals surface area contributed by atoms with E-state index in [0.29, 0.717) is 11.4 Å². The van der Waals surface area contributed by atoms with Crippen LogP contribution in [0.25, 0.3) is 0 Å². The number of nitrogens with one attached hydrogen (secondary N) is 2. The van der Waals surface area contributed by atoms with Crippen LogP contribution in [0.4, 0.5) is 15.9 Å². The van der Waals surface area contributed by atoms with Crippen molar-refractivity contribution in [2.45, 2.75) is 20.4 Å². The average Bonchev–Trinajstić information content (AvgIpc) is 2.64. The Morgan fingerprint density at radius 1 is 1.08 bits per heavy atom. The minimum atomic E-state index is -0.389. The second kappa shape index (κ2) is 7.74. The van der Waals surface area contributed by atoms with Gasteiger partial charge in [-0.2, -0.15) is 0 Å². The lowest BCUT2D eigenvalue weighted by Gasteiger charge is -2.11. The minimum Gasteiger partial charge on any atom is -0.347 e. The zero-order chi connectivity index (χ0) is 18.5. The highest BCUT2D eigenvalue weighted by atomic mass is 19.1. The number of benzene rings is 2. The van der Waals surface area contributed by atoms with E-state index in [-0.39, 0.29) is 24.0 Å². The monoisotopic (exact) mass is 350 g/mol. The molecule has 0 fully saturated rings. The molecule has 132 valence electrons. The first kappa shape index (κ1) is 17.5. The quantitative estimate of drug-likeness (QED) is 0.732. The van der Waals surface area contributed by atoms with Crippen LogP contribution in [-0.2, 0) is 6.54 Å². The zero-order valence-corrected chi connectivity index (χ0v) is 14.6. The van der Waals surface area contributed by atoms with Crippen LogP contribution in [0.5, 0.6) is 0 Å². The van der Waals surface area contributed by atoms with Crippen molar-refractivity contribution in [3.8, 4) is 0 Å². The van der Waals surface area contributed by atoms with Crippen molar-refractivity contribution in [3.05, 3.63) is 83.1 Å². The zero-order valence-electron chi connectivity index (χ0n) is 14.6. The van der Waals surface area contributed by atoms with Crippen LogP contribution < -0.4 is 10.6 Å². The lowest BCUT2D eigenvalue weighted by molar-refractivity contribution is 0.0945. The van der Waals surface area contributed by atoms with Crippen molar-refractivity contribution in [1.82, 2.24) is 15.3 Å². The summed E-state index contributed by atoms with van der Waals surface area (Å²) in [7, 11) is 0. The van der Waals surface area contributed by atoms with E-state index in [1.165, 1.54) is 12.4 Å². The van der Waals surface area contributed by atoms with Gasteiger partial charge in [-0.15, -0.1) is 0 Å². The largest absolute Gasteiger partial charge is 0.347 e. The first-order valence-corrected chi connectivity index (χ1v) is 8.21. The number of carbonyl (C=O) groups is 1. The maximum Gasteiger partial charge on any atom is 0.270 e. The van der Waals surface area contributed by atoms with Gasteiger partial charge in [0.15, 0.2) is 0 Å². The van der Waals surface area contributed by atoms with Crippen LogP contribution in [0.15, 0.2) is 54.9 Å². The Morgan fingerprint density at radius 3 is 2.69 bits per heavy atom. The third-order valence-electron chi connectivity index (χ3n) is 3.95. The van der Waals surface area contributed by atoms with Gasteiger partial charge in [-0.1, -0.05) is 30.3 Å². The molecule has 0 saturated heterocycles. The lowest BCUT2D eigenvalue weighted by Crippen LogP contribution is -2.24. The number of aryl methyl sites for hydroxylation is 2. The molecule has 0 unspecified atom stereocenters. The number of halogens is 1. The Hall–Kier alpha value is -3.28. The molecule has 0 aliphatic rings. The van der Waals surface area contributed by atoms with Gasteiger partial charge in [-0.3, -0.25) is 4.79 Å². The third kappa shape index (κ3) is 4.22. The van der Waals surface area contributed by atoms with Gasteiger partial charge in [-0.05, 0) is 37.1 Å². The van der Waals surface area contributed by atoms with E-state index in [1.54, 1.807) is 24.3 Å². The van der Waals surface area contributed by atoms with Gasteiger partial charge >= 0.3 is 0 Å². The van der Waals surface area contributed by atoms with Gasteiger partial charge in [0.2, 0.25) is 0 Å². The number of rotatable bonds is 5. The molecule has 0 aliphatic heterocycles. The average molecular weight is 350 g/mol. The SMILES string of the molecule is Cc1ccc(C)c(Nc2cc(C(=O)NCc3ccccc3F)ncn2)c1. The standard InChI is InChI=1S/C20H19FN4O/c1-13-7-8-14(2)17(9-13)25-19-10-18(23-12-24-19)20(26)22-11-15-5-3-4-6-16(15)21/h3-10,12H,11H2,1-2H3,(H,22,26)(H,23,24,25). The van der Waals surface area contributed by atoms with Crippen LogP contribution in [0.3, 0.4) is 0 Å². The molecule has 6 heteroatoms. The molecule has 2 N–H and O–H groups in total. The highest BCUT2D eigenvalue weighted by Gasteiger charge is 2.10. The summed E-state index contributed by atoms with van der Waals surface area (Å²) in [5, 5.41) is 5.87. The van der Waals surface area contributed by atoms with Gasteiger partial charge in [0.05, 0.1) is 0 Å². The summed E-state index contributed by atoms with van der Waals surface area (Å²) in [5.74, 6) is -0.225. The number of nitrogens with zero attached hydrogens (tertiary/aromatic N) is 2. The number of hydrogen-bond donors (Lipinski definition) is 2. The van der Waals surface area contributed by atoms with Gasteiger partial charge in [0.25, 0.3) is 5.91 Å². The molecule has 0 bridgehead atoms. The Morgan fingerprint density at radius 2 is 1.88 bits per heavy atom. The van der Waals surface area contributed by atoms with Crippen molar-refractivity contribution in [3.63, 3.8) is 0 Å². The Bertz CT molecular complexity index is 943. The van der Waals surface area contributed by atoms with Crippen LogP contribution >= 0.6 is 0 Å². The summed E-state index contributed by atoms with van der Waals surface area (Å²) in [4.78, 5) is 20.5. The molecule has 1 amide bonds. The van der Waals surface area contributed by atoms with Gasteiger partial charge in [0.1, 0.15) is 23.7 Å². The molecule has 0 radical (unpaired) electrons. The van der Waals surface area contributed by atoms with E-state index in [0.717, 1.165) is 16.8 Å². The molecular formula is C20H19FN4O. The van der Waals surface area contributed by atoms with Gasteiger partial charge < -0.3 is 10.6 Å². The fourth-order valence-corrected chi connectivity index (χ4v) is 2.47. The highest BCUT2D eigenvalue weighted by molar-refractivity contribution is 5.92.